The highest BCUT2D eigenvalue weighted by Gasteiger charge is 2.20. The van der Waals surface area contributed by atoms with Gasteiger partial charge in [0, 0.05) is 45.0 Å². The van der Waals surface area contributed by atoms with Crippen molar-refractivity contribution in [3.63, 3.8) is 0 Å². The van der Waals surface area contributed by atoms with E-state index in [-0.39, 0.29) is 35.6 Å². The molecular formula is C46H78N2O12. The van der Waals surface area contributed by atoms with Gasteiger partial charge < -0.3 is 43.5 Å². The summed E-state index contributed by atoms with van der Waals surface area (Å²) >= 11 is 0. The molecule has 344 valence electrons. The Morgan fingerprint density at radius 1 is 0.617 bits per heavy atom. The van der Waals surface area contributed by atoms with Gasteiger partial charge in [-0.2, -0.15) is 0 Å². The molecule has 0 heterocycles. The number of hydrogen-bond acceptors (Lipinski definition) is 14. The van der Waals surface area contributed by atoms with E-state index in [1.807, 2.05) is 23.9 Å². The van der Waals surface area contributed by atoms with E-state index in [1.54, 1.807) is 18.2 Å². The van der Waals surface area contributed by atoms with Gasteiger partial charge in [-0.25, -0.2) is 4.79 Å². The van der Waals surface area contributed by atoms with Crippen molar-refractivity contribution >= 4 is 30.0 Å². The fourth-order valence-electron chi connectivity index (χ4n) is 6.38. The number of methoxy groups -OCH3 is 2. The smallest absolute Gasteiger partial charge is 0.330 e. The molecule has 0 aliphatic rings. The van der Waals surface area contributed by atoms with E-state index in [0.717, 1.165) is 64.3 Å². The van der Waals surface area contributed by atoms with Crippen LogP contribution in [0.2, 0.25) is 0 Å². The molecule has 0 saturated carbocycles. The molecule has 0 saturated heterocycles. The van der Waals surface area contributed by atoms with Gasteiger partial charge in [-0.1, -0.05) is 52.4 Å². The molecule has 14 heteroatoms. The molecule has 0 aromatic heterocycles. The van der Waals surface area contributed by atoms with E-state index in [9.17, 15) is 29.4 Å². The summed E-state index contributed by atoms with van der Waals surface area (Å²) in [4.78, 5) is 53.2. The van der Waals surface area contributed by atoms with Gasteiger partial charge in [0.25, 0.3) is 0 Å². The third-order valence-electron chi connectivity index (χ3n) is 9.76. The molecule has 0 amide bonds. The number of nitrogens with zero attached hydrogens (tertiary/aromatic N) is 2. The van der Waals surface area contributed by atoms with Gasteiger partial charge >= 0.3 is 23.9 Å². The number of carbonyl (C=O) groups excluding carboxylic acids is 4. The third-order valence-corrected chi connectivity index (χ3v) is 9.76. The van der Waals surface area contributed by atoms with Crippen molar-refractivity contribution in [2.75, 3.05) is 74.3 Å². The second kappa shape index (κ2) is 34.9. The molecule has 0 aliphatic heterocycles. The van der Waals surface area contributed by atoms with Crippen LogP contribution in [0.25, 0.3) is 6.08 Å². The van der Waals surface area contributed by atoms with Crippen molar-refractivity contribution in [1.29, 1.82) is 0 Å². The molecule has 0 radical (unpaired) electrons. The molecular weight excluding hydrogens is 773 g/mol. The Hall–Kier alpha value is -3.72. The van der Waals surface area contributed by atoms with Gasteiger partial charge in [0.05, 0.1) is 46.2 Å². The van der Waals surface area contributed by atoms with Crippen LogP contribution in [0.5, 0.6) is 17.2 Å². The first-order chi connectivity index (χ1) is 28.9. The van der Waals surface area contributed by atoms with E-state index >= 15 is 0 Å². The summed E-state index contributed by atoms with van der Waals surface area (Å²) in [5.41, 5.74) is 0.583. The number of benzene rings is 1. The summed E-state index contributed by atoms with van der Waals surface area (Å²) in [5, 5.41) is 21.9. The second-order valence-corrected chi connectivity index (χ2v) is 15.6. The predicted octanol–water partition coefficient (Wildman–Crippen LogP) is 7.29. The average molecular weight is 851 g/mol. The summed E-state index contributed by atoms with van der Waals surface area (Å²) < 4.78 is 32.7. The van der Waals surface area contributed by atoms with Crippen LogP contribution in [-0.2, 0) is 33.4 Å². The minimum absolute atomic E-state index is 0.0456. The molecule has 0 bridgehead atoms. The Balaban J connectivity index is 2.76. The number of rotatable bonds is 37. The Morgan fingerprint density at radius 3 is 1.60 bits per heavy atom. The Morgan fingerprint density at radius 2 is 1.12 bits per heavy atom. The van der Waals surface area contributed by atoms with E-state index in [1.165, 1.54) is 20.3 Å². The lowest BCUT2D eigenvalue weighted by Crippen LogP contribution is -2.39. The molecule has 14 nitrogen and oxygen atoms in total. The standard InChI is InChI=1S/C46H78N2O12/c1-7-9-11-13-23-42(51)57-30-17-15-21-38(49)35-48(36-39(50)22-16-18-31-58-43(52)24-14-12-10-8-2)29-19-25-45(54)60-46-40(55-5)33-37(34-41(46)56-6)26-27-44(53)59-32-20-28-47(3)4/h26-27,33-34,38-39,49-50H,7-25,28-32,35-36H2,1-6H3/b27-26+. The molecule has 1 aromatic rings. The minimum atomic E-state index is -0.684. The maximum absolute atomic E-state index is 13.1. The van der Waals surface area contributed by atoms with Crippen molar-refractivity contribution in [1.82, 2.24) is 9.80 Å². The molecule has 1 rings (SSSR count). The van der Waals surface area contributed by atoms with Gasteiger partial charge in [-0.05, 0) is 109 Å². The SMILES string of the molecule is CCCCCCC(=O)OCCCCC(O)CN(CCCC(=O)Oc1c(OC)cc(/C=C/C(=O)OCCCN(C)C)cc1OC)CC(O)CCCCOC(=O)CCCCCC. The van der Waals surface area contributed by atoms with Crippen LogP contribution < -0.4 is 14.2 Å². The molecule has 0 spiro atoms. The van der Waals surface area contributed by atoms with Gasteiger partial charge in [-0.15, -0.1) is 0 Å². The molecule has 60 heavy (non-hydrogen) atoms. The van der Waals surface area contributed by atoms with E-state index in [4.69, 9.17) is 28.4 Å². The maximum atomic E-state index is 13.1. The van der Waals surface area contributed by atoms with Crippen LogP contribution in [0.15, 0.2) is 18.2 Å². The Labute approximate surface area is 360 Å². The first-order valence-corrected chi connectivity index (χ1v) is 22.3. The first-order valence-electron chi connectivity index (χ1n) is 22.3. The van der Waals surface area contributed by atoms with Crippen LogP contribution in [-0.4, -0.2) is 130 Å². The molecule has 1 aromatic carbocycles. The van der Waals surface area contributed by atoms with E-state index in [2.05, 4.69) is 13.8 Å². The second-order valence-electron chi connectivity index (χ2n) is 15.6. The quantitative estimate of drug-likeness (QED) is 0.0225. The Bertz CT molecular complexity index is 1290. The summed E-state index contributed by atoms with van der Waals surface area (Å²) in [6.07, 6.45) is 15.3. The summed E-state index contributed by atoms with van der Waals surface area (Å²) in [6.45, 7) is 7.00. The number of unbranched alkanes of at least 4 members (excludes halogenated alkanes) is 8. The summed E-state index contributed by atoms with van der Waals surface area (Å²) in [7, 11) is 6.79. The predicted molar refractivity (Wildman–Crippen MR) is 233 cm³/mol. The van der Waals surface area contributed by atoms with Crippen LogP contribution >= 0.6 is 0 Å². The lowest BCUT2D eigenvalue weighted by molar-refractivity contribution is -0.144. The minimum Gasteiger partial charge on any atom is -0.493 e. The van der Waals surface area contributed by atoms with Gasteiger partial charge in [-0.3, -0.25) is 19.3 Å². The lowest BCUT2D eigenvalue weighted by atomic mass is 10.1. The first kappa shape index (κ1) is 54.3. The highest BCUT2D eigenvalue weighted by molar-refractivity contribution is 5.87. The highest BCUT2D eigenvalue weighted by Crippen LogP contribution is 2.39. The number of hydrogen-bond donors (Lipinski definition) is 2. The monoisotopic (exact) mass is 851 g/mol. The molecule has 0 fully saturated rings. The van der Waals surface area contributed by atoms with Gasteiger partial charge in [0.15, 0.2) is 11.5 Å². The van der Waals surface area contributed by atoms with Gasteiger partial charge in [0.1, 0.15) is 0 Å². The fourth-order valence-corrected chi connectivity index (χ4v) is 6.38. The highest BCUT2D eigenvalue weighted by atomic mass is 16.6. The zero-order chi connectivity index (χ0) is 44.4. The maximum Gasteiger partial charge on any atom is 0.330 e. The topological polar surface area (TPSA) is 171 Å². The van der Waals surface area contributed by atoms with E-state index < -0.39 is 24.1 Å². The molecule has 0 aliphatic carbocycles. The van der Waals surface area contributed by atoms with Crippen LogP contribution in [0.1, 0.15) is 141 Å². The fraction of sp³-hybridized carbons (Fsp3) is 0.739. The zero-order valence-corrected chi connectivity index (χ0v) is 37.7. The van der Waals surface area contributed by atoms with Crippen LogP contribution in [0.3, 0.4) is 0 Å². The zero-order valence-electron chi connectivity index (χ0n) is 37.7. The lowest BCUT2D eigenvalue weighted by Gasteiger charge is -2.27. The molecule has 2 atom stereocenters. The van der Waals surface area contributed by atoms with Crippen molar-refractivity contribution < 1.29 is 57.8 Å². The van der Waals surface area contributed by atoms with Crippen molar-refractivity contribution in [3.8, 4) is 17.2 Å². The summed E-state index contributed by atoms with van der Waals surface area (Å²) in [5.74, 6) is -0.752. The van der Waals surface area contributed by atoms with Crippen molar-refractivity contribution in [2.45, 2.75) is 148 Å². The Kier molecular flexibility index (Phi) is 31.6. The normalized spacial score (nSPS) is 12.4. The van der Waals surface area contributed by atoms with Gasteiger partial charge in [0.2, 0.25) is 5.75 Å². The summed E-state index contributed by atoms with van der Waals surface area (Å²) in [6, 6.07) is 3.26. The van der Waals surface area contributed by atoms with Crippen LogP contribution in [0.4, 0.5) is 0 Å². The third kappa shape index (κ3) is 27.9. The number of aliphatic hydroxyl groups is 2. The number of ether oxygens (including phenoxy) is 6. The average Bonchev–Trinajstić information content (AvgIpc) is 3.21. The van der Waals surface area contributed by atoms with E-state index in [0.29, 0.717) is 103 Å². The molecule has 2 N–H and O–H groups in total. The van der Waals surface area contributed by atoms with Crippen molar-refractivity contribution in [2.24, 2.45) is 0 Å². The van der Waals surface area contributed by atoms with Crippen LogP contribution in [0, 0.1) is 0 Å². The largest absolute Gasteiger partial charge is 0.493 e. The number of esters is 4. The molecule has 2 unspecified atom stereocenters. The van der Waals surface area contributed by atoms with Crippen molar-refractivity contribution in [3.05, 3.63) is 23.8 Å². The number of carbonyl (C=O) groups is 4. The number of aliphatic hydroxyl groups excluding tert-OH is 2.